The number of aromatic nitrogens is 1. The molecule has 8 nitrogen and oxygen atoms in total. The van der Waals surface area contributed by atoms with Crippen LogP contribution in [0.4, 0.5) is 5.69 Å². The fourth-order valence-electron chi connectivity index (χ4n) is 2.74. The maximum atomic E-state index is 12.3. The Morgan fingerprint density at radius 2 is 1.63 bits per heavy atom. The molecule has 2 aromatic carbocycles. The molecule has 0 bridgehead atoms. The summed E-state index contributed by atoms with van der Waals surface area (Å²) in [7, 11) is 2.39. The Morgan fingerprint density at radius 3 is 2.22 bits per heavy atom. The van der Waals surface area contributed by atoms with Gasteiger partial charge in [0.1, 0.15) is 5.69 Å². The minimum absolute atomic E-state index is 0.0428. The van der Waals surface area contributed by atoms with E-state index in [0.29, 0.717) is 0 Å². The SMILES string of the molecule is COC(=O)c1cnc(-c2cc3ccccc3cc2C(=O)OC)c([N+](=O)[O-])c1. The van der Waals surface area contributed by atoms with Crippen LogP contribution >= 0.6 is 0 Å². The molecule has 1 aromatic heterocycles. The first kappa shape index (κ1) is 18.0. The zero-order chi connectivity index (χ0) is 19.6. The van der Waals surface area contributed by atoms with Gasteiger partial charge < -0.3 is 9.47 Å². The van der Waals surface area contributed by atoms with Crippen LogP contribution in [0.5, 0.6) is 0 Å². The molecule has 0 unspecified atom stereocenters. The summed E-state index contributed by atoms with van der Waals surface area (Å²) in [5, 5.41) is 13.1. The van der Waals surface area contributed by atoms with E-state index in [-0.39, 0.29) is 22.4 Å². The van der Waals surface area contributed by atoms with E-state index in [1.807, 2.05) is 24.3 Å². The van der Waals surface area contributed by atoms with Crippen LogP contribution in [-0.4, -0.2) is 36.1 Å². The maximum Gasteiger partial charge on any atom is 0.339 e. The molecule has 0 radical (unpaired) electrons. The standard InChI is InChI=1S/C19H14N2O6/c1-26-18(22)13-9-16(21(24)25)17(20-10-13)14-7-11-5-3-4-6-12(11)8-15(14)19(23)27-2/h3-10H,1-2H3. The normalized spacial score (nSPS) is 10.4. The number of pyridine rings is 1. The molecule has 3 aromatic rings. The highest BCUT2D eigenvalue weighted by molar-refractivity contribution is 6.04. The van der Waals surface area contributed by atoms with E-state index < -0.39 is 22.5 Å². The van der Waals surface area contributed by atoms with Crippen LogP contribution in [0.1, 0.15) is 20.7 Å². The lowest BCUT2D eigenvalue weighted by Crippen LogP contribution is -2.08. The Hall–Kier alpha value is -3.81. The van der Waals surface area contributed by atoms with Gasteiger partial charge in [-0.2, -0.15) is 0 Å². The molecule has 0 fully saturated rings. The van der Waals surface area contributed by atoms with E-state index in [1.165, 1.54) is 20.4 Å². The number of nitrogens with zero attached hydrogens (tertiary/aromatic N) is 2. The Bertz CT molecular complexity index is 1080. The van der Waals surface area contributed by atoms with Gasteiger partial charge in [0.25, 0.3) is 5.69 Å². The fourth-order valence-corrected chi connectivity index (χ4v) is 2.74. The maximum absolute atomic E-state index is 12.3. The zero-order valence-electron chi connectivity index (χ0n) is 14.5. The molecule has 0 N–H and O–H groups in total. The molecule has 0 spiro atoms. The Kier molecular flexibility index (Phi) is 4.80. The lowest BCUT2D eigenvalue weighted by molar-refractivity contribution is -0.384. The Labute approximate surface area is 153 Å². The molecule has 0 aliphatic rings. The average Bonchev–Trinajstić information content (AvgIpc) is 2.71. The van der Waals surface area contributed by atoms with Crippen molar-refractivity contribution in [3.05, 3.63) is 69.9 Å². The molecule has 0 aliphatic carbocycles. The minimum atomic E-state index is -0.746. The first-order chi connectivity index (χ1) is 13.0. The number of hydrogen-bond acceptors (Lipinski definition) is 7. The van der Waals surface area contributed by atoms with Crippen LogP contribution in [0, 0.1) is 10.1 Å². The van der Waals surface area contributed by atoms with Crippen molar-refractivity contribution < 1.29 is 24.0 Å². The highest BCUT2D eigenvalue weighted by Crippen LogP contribution is 2.34. The number of esters is 2. The van der Waals surface area contributed by atoms with Gasteiger partial charge >= 0.3 is 11.9 Å². The van der Waals surface area contributed by atoms with Crippen LogP contribution < -0.4 is 0 Å². The van der Waals surface area contributed by atoms with Crippen molar-refractivity contribution >= 4 is 28.4 Å². The second-order valence-electron chi connectivity index (χ2n) is 5.58. The number of fused-ring (bicyclic) bond motifs is 1. The Morgan fingerprint density at radius 1 is 1.00 bits per heavy atom. The van der Waals surface area contributed by atoms with E-state index in [1.54, 1.807) is 12.1 Å². The second-order valence-corrected chi connectivity index (χ2v) is 5.58. The highest BCUT2D eigenvalue weighted by Gasteiger charge is 2.25. The van der Waals surface area contributed by atoms with Gasteiger partial charge in [0.05, 0.1) is 30.3 Å². The zero-order valence-corrected chi connectivity index (χ0v) is 14.5. The molecule has 0 atom stereocenters. The van der Waals surface area contributed by atoms with E-state index in [0.717, 1.165) is 16.8 Å². The molecule has 27 heavy (non-hydrogen) atoms. The number of methoxy groups -OCH3 is 2. The number of carbonyl (C=O) groups excluding carboxylic acids is 2. The van der Waals surface area contributed by atoms with Gasteiger partial charge in [-0.05, 0) is 22.9 Å². The number of carbonyl (C=O) groups is 2. The van der Waals surface area contributed by atoms with Crippen molar-refractivity contribution in [1.29, 1.82) is 0 Å². The van der Waals surface area contributed by atoms with Crippen LogP contribution in [0.15, 0.2) is 48.7 Å². The van der Waals surface area contributed by atoms with Gasteiger partial charge in [0.15, 0.2) is 0 Å². The number of ether oxygens (including phenoxy) is 2. The summed E-state index contributed by atoms with van der Waals surface area (Å²) in [6, 6.07) is 11.6. The molecule has 1 heterocycles. The number of hydrogen-bond donors (Lipinski definition) is 0. The smallest absolute Gasteiger partial charge is 0.339 e. The average molecular weight is 366 g/mol. The first-order valence-electron chi connectivity index (χ1n) is 7.80. The van der Waals surface area contributed by atoms with Crippen molar-refractivity contribution in [2.45, 2.75) is 0 Å². The number of nitro groups is 1. The Balaban J connectivity index is 2.32. The van der Waals surface area contributed by atoms with Gasteiger partial charge in [0, 0.05) is 17.8 Å². The molecule has 0 saturated carbocycles. The van der Waals surface area contributed by atoms with E-state index >= 15 is 0 Å². The minimum Gasteiger partial charge on any atom is -0.465 e. The van der Waals surface area contributed by atoms with Crippen LogP contribution in [0.25, 0.3) is 22.0 Å². The quantitative estimate of drug-likeness (QED) is 0.395. The van der Waals surface area contributed by atoms with Gasteiger partial charge in [-0.3, -0.25) is 10.1 Å². The fraction of sp³-hybridized carbons (Fsp3) is 0.105. The summed E-state index contributed by atoms with van der Waals surface area (Å²) in [4.78, 5) is 38.9. The lowest BCUT2D eigenvalue weighted by atomic mass is 9.97. The number of benzene rings is 2. The van der Waals surface area contributed by atoms with Crippen LogP contribution in [0.2, 0.25) is 0 Å². The summed E-state index contributed by atoms with van der Waals surface area (Å²) in [5.41, 5.74) is -0.146. The molecular weight excluding hydrogens is 352 g/mol. The monoisotopic (exact) mass is 366 g/mol. The molecule has 3 rings (SSSR count). The topological polar surface area (TPSA) is 109 Å². The van der Waals surface area contributed by atoms with Gasteiger partial charge in [-0.25, -0.2) is 14.6 Å². The van der Waals surface area contributed by atoms with Crippen molar-refractivity contribution in [3.63, 3.8) is 0 Å². The van der Waals surface area contributed by atoms with E-state index in [2.05, 4.69) is 9.72 Å². The van der Waals surface area contributed by atoms with Crippen LogP contribution in [0.3, 0.4) is 0 Å². The molecule has 0 amide bonds. The molecule has 0 aliphatic heterocycles. The van der Waals surface area contributed by atoms with Crippen molar-refractivity contribution in [2.24, 2.45) is 0 Å². The van der Waals surface area contributed by atoms with Gasteiger partial charge in [-0.1, -0.05) is 24.3 Å². The van der Waals surface area contributed by atoms with Gasteiger partial charge in [-0.15, -0.1) is 0 Å². The van der Waals surface area contributed by atoms with Crippen molar-refractivity contribution in [1.82, 2.24) is 4.98 Å². The molecular formula is C19H14N2O6. The summed E-state index contributed by atoms with van der Waals surface area (Å²) in [6.45, 7) is 0. The van der Waals surface area contributed by atoms with Crippen LogP contribution in [-0.2, 0) is 9.47 Å². The summed E-state index contributed by atoms with van der Waals surface area (Å²) >= 11 is 0. The predicted molar refractivity (Wildman–Crippen MR) is 96.5 cm³/mol. The second kappa shape index (κ2) is 7.20. The summed E-state index contributed by atoms with van der Waals surface area (Å²) in [6.07, 6.45) is 1.17. The predicted octanol–water partition coefficient (Wildman–Crippen LogP) is 3.38. The van der Waals surface area contributed by atoms with E-state index in [9.17, 15) is 19.7 Å². The summed E-state index contributed by atoms with van der Waals surface area (Å²) in [5.74, 6) is -1.40. The lowest BCUT2D eigenvalue weighted by Gasteiger charge is -2.11. The highest BCUT2D eigenvalue weighted by atomic mass is 16.6. The van der Waals surface area contributed by atoms with Crippen molar-refractivity contribution in [3.8, 4) is 11.3 Å². The number of rotatable bonds is 4. The largest absolute Gasteiger partial charge is 0.465 e. The summed E-state index contributed by atoms with van der Waals surface area (Å²) < 4.78 is 9.39. The molecule has 136 valence electrons. The van der Waals surface area contributed by atoms with Crippen molar-refractivity contribution in [2.75, 3.05) is 14.2 Å². The van der Waals surface area contributed by atoms with Gasteiger partial charge in [0.2, 0.25) is 0 Å². The third-order valence-electron chi connectivity index (χ3n) is 4.03. The van der Waals surface area contributed by atoms with E-state index in [4.69, 9.17) is 4.74 Å². The third-order valence-corrected chi connectivity index (χ3v) is 4.03. The molecule has 8 heteroatoms. The first-order valence-corrected chi connectivity index (χ1v) is 7.80. The third kappa shape index (κ3) is 3.32. The molecule has 0 saturated heterocycles.